The minimum atomic E-state index is 0.161. The molecular weight excluding hydrogens is 256 g/mol. The Bertz CT molecular complexity index is 352. The molecular formula is C17H25ClO. The third-order valence-electron chi connectivity index (χ3n) is 4.07. The average molecular weight is 281 g/mol. The van der Waals surface area contributed by atoms with Crippen molar-refractivity contribution in [2.75, 3.05) is 6.61 Å². The smallest absolute Gasteiger partial charge is 0.119 e. The topological polar surface area (TPSA) is 9.23 Å². The van der Waals surface area contributed by atoms with Gasteiger partial charge in [0.05, 0.1) is 12.0 Å². The fourth-order valence-electron chi connectivity index (χ4n) is 2.97. The second-order valence-corrected chi connectivity index (χ2v) is 5.98. The molecule has 1 nitrogen and oxygen atoms in total. The SMILES string of the molecule is CCOc1ccc(C(Cl)C2CCCCCCC2)cc1. The lowest BCUT2D eigenvalue weighted by molar-refractivity contribution is 0.339. The maximum atomic E-state index is 6.70. The van der Waals surface area contributed by atoms with Crippen molar-refractivity contribution in [3.63, 3.8) is 0 Å². The molecule has 1 saturated carbocycles. The Morgan fingerprint density at radius 1 is 1.05 bits per heavy atom. The van der Waals surface area contributed by atoms with E-state index in [0.717, 1.165) is 5.75 Å². The van der Waals surface area contributed by atoms with Crippen LogP contribution in [0.2, 0.25) is 0 Å². The van der Waals surface area contributed by atoms with E-state index in [2.05, 4.69) is 12.1 Å². The van der Waals surface area contributed by atoms with Crippen molar-refractivity contribution in [3.8, 4) is 5.75 Å². The van der Waals surface area contributed by atoms with Gasteiger partial charge in [-0.2, -0.15) is 0 Å². The van der Waals surface area contributed by atoms with Crippen molar-refractivity contribution < 1.29 is 4.74 Å². The van der Waals surface area contributed by atoms with Gasteiger partial charge in [0.2, 0.25) is 0 Å². The highest BCUT2D eigenvalue weighted by molar-refractivity contribution is 6.21. The molecule has 0 aromatic heterocycles. The van der Waals surface area contributed by atoms with E-state index in [-0.39, 0.29) is 5.38 Å². The Morgan fingerprint density at radius 2 is 1.63 bits per heavy atom. The minimum absolute atomic E-state index is 0.161. The zero-order valence-corrected chi connectivity index (χ0v) is 12.7. The number of ether oxygens (including phenoxy) is 1. The monoisotopic (exact) mass is 280 g/mol. The summed E-state index contributed by atoms with van der Waals surface area (Å²) in [6.45, 7) is 2.72. The van der Waals surface area contributed by atoms with Gasteiger partial charge in [-0.1, -0.05) is 44.2 Å². The van der Waals surface area contributed by atoms with Gasteiger partial charge in [0, 0.05) is 0 Å². The predicted molar refractivity (Wildman–Crippen MR) is 82.0 cm³/mol. The summed E-state index contributed by atoms with van der Waals surface area (Å²) in [6.07, 6.45) is 9.40. The van der Waals surface area contributed by atoms with E-state index in [1.165, 1.54) is 50.5 Å². The first-order valence-electron chi connectivity index (χ1n) is 7.68. The van der Waals surface area contributed by atoms with Crippen LogP contribution in [0.4, 0.5) is 0 Å². The molecule has 0 amide bonds. The summed E-state index contributed by atoms with van der Waals surface area (Å²) in [5.74, 6) is 1.58. The zero-order valence-electron chi connectivity index (χ0n) is 11.9. The molecule has 1 aromatic carbocycles. The van der Waals surface area contributed by atoms with Gasteiger partial charge in [0.25, 0.3) is 0 Å². The number of hydrogen-bond acceptors (Lipinski definition) is 1. The van der Waals surface area contributed by atoms with Gasteiger partial charge in [-0.15, -0.1) is 11.6 Å². The molecule has 19 heavy (non-hydrogen) atoms. The minimum Gasteiger partial charge on any atom is -0.494 e. The van der Waals surface area contributed by atoms with E-state index in [1.54, 1.807) is 0 Å². The highest BCUT2D eigenvalue weighted by Gasteiger charge is 2.21. The van der Waals surface area contributed by atoms with Crippen molar-refractivity contribution in [2.24, 2.45) is 5.92 Å². The van der Waals surface area contributed by atoms with E-state index in [9.17, 15) is 0 Å². The quantitative estimate of drug-likeness (QED) is 0.640. The molecule has 2 rings (SSSR count). The van der Waals surface area contributed by atoms with E-state index in [1.807, 2.05) is 19.1 Å². The first-order chi connectivity index (χ1) is 9.31. The fourth-order valence-corrected chi connectivity index (χ4v) is 3.36. The molecule has 1 aromatic rings. The summed E-state index contributed by atoms with van der Waals surface area (Å²) in [5.41, 5.74) is 1.25. The molecule has 0 spiro atoms. The first kappa shape index (κ1) is 14.7. The van der Waals surface area contributed by atoms with Crippen molar-refractivity contribution >= 4 is 11.6 Å². The van der Waals surface area contributed by atoms with Crippen LogP contribution in [0.15, 0.2) is 24.3 Å². The van der Waals surface area contributed by atoms with Crippen LogP contribution >= 0.6 is 11.6 Å². The van der Waals surface area contributed by atoms with Gasteiger partial charge < -0.3 is 4.74 Å². The van der Waals surface area contributed by atoms with Crippen LogP contribution in [-0.2, 0) is 0 Å². The highest BCUT2D eigenvalue weighted by atomic mass is 35.5. The molecule has 1 aliphatic rings. The zero-order chi connectivity index (χ0) is 13.5. The first-order valence-corrected chi connectivity index (χ1v) is 8.11. The molecule has 0 radical (unpaired) electrons. The molecule has 1 atom stereocenters. The van der Waals surface area contributed by atoms with Gasteiger partial charge in [-0.3, -0.25) is 0 Å². The van der Waals surface area contributed by atoms with E-state index >= 15 is 0 Å². The van der Waals surface area contributed by atoms with Crippen LogP contribution in [0.5, 0.6) is 5.75 Å². The van der Waals surface area contributed by atoms with Gasteiger partial charge in [-0.05, 0) is 43.4 Å². The van der Waals surface area contributed by atoms with Crippen molar-refractivity contribution in [2.45, 2.75) is 57.2 Å². The second-order valence-electron chi connectivity index (χ2n) is 5.51. The lowest BCUT2D eigenvalue weighted by Gasteiger charge is -2.24. The van der Waals surface area contributed by atoms with Gasteiger partial charge in [-0.25, -0.2) is 0 Å². The summed E-state index contributed by atoms with van der Waals surface area (Å²) in [5, 5.41) is 0.161. The Kier molecular flexibility index (Phi) is 6.03. The molecule has 0 aliphatic heterocycles. The summed E-state index contributed by atoms with van der Waals surface area (Å²) in [4.78, 5) is 0. The van der Waals surface area contributed by atoms with Crippen LogP contribution in [0.25, 0.3) is 0 Å². The van der Waals surface area contributed by atoms with Gasteiger partial charge in [0.1, 0.15) is 5.75 Å². The lowest BCUT2D eigenvalue weighted by atomic mass is 9.86. The lowest BCUT2D eigenvalue weighted by Crippen LogP contribution is -2.10. The summed E-state index contributed by atoms with van der Waals surface area (Å²) in [7, 11) is 0. The van der Waals surface area contributed by atoms with Gasteiger partial charge in [0.15, 0.2) is 0 Å². The van der Waals surface area contributed by atoms with Crippen LogP contribution < -0.4 is 4.74 Å². The van der Waals surface area contributed by atoms with E-state index < -0.39 is 0 Å². The standard InChI is InChI=1S/C17H25ClO/c1-2-19-16-12-10-15(11-13-16)17(18)14-8-6-4-3-5-7-9-14/h10-14,17H,2-9H2,1H3. The van der Waals surface area contributed by atoms with Crippen LogP contribution in [0.3, 0.4) is 0 Å². The van der Waals surface area contributed by atoms with Crippen LogP contribution in [0.1, 0.15) is 62.8 Å². The maximum absolute atomic E-state index is 6.70. The second kappa shape index (κ2) is 7.79. The predicted octanol–water partition coefficient (Wildman–Crippen LogP) is 5.73. The van der Waals surface area contributed by atoms with Crippen molar-refractivity contribution in [3.05, 3.63) is 29.8 Å². The molecule has 2 heteroatoms. The van der Waals surface area contributed by atoms with Crippen molar-refractivity contribution in [1.82, 2.24) is 0 Å². The van der Waals surface area contributed by atoms with Crippen molar-refractivity contribution in [1.29, 1.82) is 0 Å². The summed E-state index contributed by atoms with van der Waals surface area (Å²) >= 11 is 6.70. The molecule has 1 aliphatic carbocycles. The number of benzene rings is 1. The normalized spacial score (nSPS) is 19.5. The van der Waals surface area contributed by atoms with Gasteiger partial charge >= 0.3 is 0 Å². The number of halogens is 1. The van der Waals surface area contributed by atoms with E-state index in [4.69, 9.17) is 16.3 Å². The van der Waals surface area contributed by atoms with Crippen LogP contribution in [0, 0.1) is 5.92 Å². The molecule has 0 bridgehead atoms. The molecule has 1 unspecified atom stereocenters. The molecule has 0 N–H and O–H groups in total. The Morgan fingerprint density at radius 3 is 2.21 bits per heavy atom. The number of alkyl halides is 1. The third kappa shape index (κ3) is 4.42. The Balaban J connectivity index is 1.98. The third-order valence-corrected chi connectivity index (χ3v) is 4.68. The highest BCUT2D eigenvalue weighted by Crippen LogP contribution is 2.37. The number of hydrogen-bond donors (Lipinski definition) is 0. The fraction of sp³-hybridized carbons (Fsp3) is 0.647. The molecule has 0 heterocycles. The Hall–Kier alpha value is -0.690. The number of rotatable bonds is 4. The largest absolute Gasteiger partial charge is 0.494 e. The molecule has 0 saturated heterocycles. The molecule has 106 valence electrons. The maximum Gasteiger partial charge on any atom is 0.119 e. The average Bonchev–Trinajstić information content (AvgIpc) is 2.39. The van der Waals surface area contributed by atoms with E-state index in [0.29, 0.717) is 12.5 Å². The Labute approximate surface area is 122 Å². The summed E-state index contributed by atoms with van der Waals surface area (Å²) in [6, 6.07) is 8.33. The molecule has 1 fully saturated rings. The van der Waals surface area contributed by atoms with Crippen LogP contribution in [-0.4, -0.2) is 6.61 Å². The summed E-state index contributed by atoms with van der Waals surface area (Å²) < 4.78 is 5.48.